The quantitative estimate of drug-likeness (QED) is 0.374. The van der Waals surface area contributed by atoms with Gasteiger partial charge in [0.25, 0.3) is 5.91 Å². The average Bonchev–Trinajstić information content (AvgIpc) is 3.08. The van der Waals surface area contributed by atoms with Gasteiger partial charge < -0.3 is 14.2 Å². The Balaban J connectivity index is 1.74. The van der Waals surface area contributed by atoms with Crippen LogP contribution in [0.15, 0.2) is 66.7 Å². The van der Waals surface area contributed by atoms with E-state index in [1.165, 1.54) is 7.11 Å². The zero-order valence-corrected chi connectivity index (χ0v) is 18.7. The van der Waals surface area contributed by atoms with Crippen LogP contribution in [0, 0.1) is 0 Å². The lowest BCUT2D eigenvalue weighted by Gasteiger charge is -2.24. The summed E-state index contributed by atoms with van der Waals surface area (Å²) in [6.07, 6.45) is 0. The molecule has 0 unspecified atom stereocenters. The van der Waals surface area contributed by atoms with E-state index in [1.807, 2.05) is 60.1 Å². The number of nitrogens with zero attached hydrogens (tertiary/aromatic N) is 3. The summed E-state index contributed by atoms with van der Waals surface area (Å²) in [7, 11) is 3.46. The molecule has 0 fully saturated rings. The lowest BCUT2D eigenvalue weighted by Crippen LogP contribution is -2.31. The lowest BCUT2D eigenvalue weighted by molar-refractivity contribution is 0.0721. The molecule has 0 atom stereocenters. The van der Waals surface area contributed by atoms with Crippen LogP contribution in [0.1, 0.15) is 21.7 Å². The highest BCUT2D eigenvalue weighted by Gasteiger charge is 2.23. The largest absolute Gasteiger partial charge is 0.496 e. The van der Waals surface area contributed by atoms with Gasteiger partial charge in [-0.1, -0.05) is 53.5 Å². The molecule has 4 aromatic rings. The molecule has 5 nitrogen and oxygen atoms in total. The average molecular weight is 454 g/mol. The number of fused-ring (bicyclic) bond motifs is 1. The topological polar surface area (TPSA) is 47.4 Å². The van der Waals surface area contributed by atoms with Gasteiger partial charge in [-0.15, -0.1) is 0 Å². The Labute approximate surface area is 190 Å². The first kappa shape index (κ1) is 21.2. The molecule has 0 N–H and O–H groups in total. The van der Waals surface area contributed by atoms with Crippen molar-refractivity contribution in [3.63, 3.8) is 0 Å². The van der Waals surface area contributed by atoms with Crippen LogP contribution < -0.4 is 4.74 Å². The summed E-state index contributed by atoms with van der Waals surface area (Å²) >= 11 is 12.3. The summed E-state index contributed by atoms with van der Waals surface area (Å²) < 4.78 is 7.38. The van der Waals surface area contributed by atoms with Gasteiger partial charge in [-0.05, 0) is 42.0 Å². The van der Waals surface area contributed by atoms with Crippen LogP contribution in [-0.2, 0) is 20.1 Å². The molecule has 0 spiro atoms. The fraction of sp³-hybridized carbons (Fsp3) is 0.167. The van der Waals surface area contributed by atoms with Gasteiger partial charge in [0.15, 0.2) is 0 Å². The molecule has 0 aliphatic heterocycles. The number of aryl methyl sites for hydroxylation is 1. The first-order chi connectivity index (χ1) is 15.0. The van der Waals surface area contributed by atoms with Crippen LogP contribution >= 0.6 is 23.2 Å². The van der Waals surface area contributed by atoms with E-state index in [0.717, 1.165) is 22.4 Å². The number of amides is 1. The maximum Gasteiger partial charge on any atom is 0.258 e. The van der Waals surface area contributed by atoms with E-state index in [4.69, 9.17) is 32.9 Å². The molecule has 3 aromatic carbocycles. The van der Waals surface area contributed by atoms with E-state index in [0.29, 0.717) is 34.4 Å². The van der Waals surface area contributed by atoms with Crippen molar-refractivity contribution in [1.29, 1.82) is 0 Å². The monoisotopic (exact) mass is 453 g/mol. The third-order valence-electron chi connectivity index (χ3n) is 5.16. The first-order valence-corrected chi connectivity index (χ1v) is 10.5. The Kier molecular flexibility index (Phi) is 6.16. The molecule has 1 heterocycles. The Hall–Kier alpha value is -3.02. The molecular weight excluding hydrogens is 433 g/mol. The van der Waals surface area contributed by atoms with Crippen LogP contribution in [0.5, 0.6) is 5.75 Å². The summed E-state index contributed by atoms with van der Waals surface area (Å²) in [4.78, 5) is 20.1. The van der Waals surface area contributed by atoms with Crippen LogP contribution in [-0.4, -0.2) is 27.5 Å². The van der Waals surface area contributed by atoms with Crippen LogP contribution in [0.4, 0.5) is 0 Å². The zero-order chi connectivity index (χ0) is 22.0. The van der Waals surface area contributed by atoms with E-state index in [1.54, 1.807) is 23.1 Å². The number of halogens is 2. The second-order valence-electron chi connectivity index (χ2n) is 7.21. The molecule has 7 heteroatoms. The molecule has 158 valence electrons. The number of benzene rings is 3. The number of hydrogen-bond donors (Lipinski definition) is 0. The van der Waals surface area contributed by atoms with Crippen LogP contribution in [0.25, 0.3) is 11.0 Å². The normalized spacial score (nSPS) is 11.0. The minimum absolute atomic E-state index is 0.187. The van der Waals surface area contributed by atoms with Gasteiger partial charge in [0.2, 0.25) is 0 Å². The summed E-state index contributed by atoms with van der Waals surface area (Å²) in [5.74, 6) is 1.04. The SMILES string of the molecule is COc1ccc(Cl)cc1C(=O)N(Cc1ccccc1)Cc1nc2ccc(Cl)cc2n1C. The molecular formula is C24H21Cl2N3O2. The number of imidazole rings is 1. The van der Waals surface area contributed by atoms with Gasteiger partial charge in [0, 0.05) is 23.6 Å². The van der Waals surface area contributed by atoms with Gasteiger partial charge in [0.1, 0.15) is 11.6 Å². The number of carbonyl (C=O) groups is 1. The molecule has 0 radical (unpaired) electrons. The van der Waals surface area contributed by atoms with Gasteiger partial charge in [-0.25, -0.2) is 4.98 Å². The minimum Gasteiger partial charge on any atom is -0.496 e. The van der Waals surface area contributed by atoms with E-state index >= 15 is 0 Å². The molecule has 4 rings (SSSR count). The van der Waals surface area contributed by atoms with Crippen molar-refractivity contribution >= 4 is 40.1 Å². The molecule has 0 aliphatic rings. The third kappa shape index (κ3) is 4.53. The third-order valence-corrected chi connectivity index (χ3v) is 5.63. The number of aromatic nitrogens is 2. The Morgan fingerprint density at radius 2 is 1.71 bits per heavy atom. The van der Waals surface area contributed by atoms with Crippen molar-refractivity contribution in [2.75, 3.05) is 7.11 Å². The highest BCUT2D eigenvalue weighted by atomic mass is 35.5. The summed E-state index contributed by atoms with van der Waals surface area (Å²) in [6.45, 7) is 0.728. The maximum absolute atomic E-state index is 13.6. The van der Waals surface area contributed by atoms with Crippen molar-refractivity contribution < 1.29 is 9.53 Å². The smallest absolute Gasteiger partial charge is 0.258 e. The number of carbonyl (C=O) groups excluding carboxylic acids is 1. The van der Waals surface area contributed by atoms with Crippen molar-refractivity contribution in [3.8, 4) is 5.75 Å². The number of rotatable bonds is 6. The summed E-state index contributed by atoms with van der Waals surface area (Å²) in [6, 6.07) is 20.4. The Morgan fingerprint density at radius 3 is 2.45 bits per heavy atom. The van der Waals surface area contributed by atoms with Crippen LogP contribution in [0.3, 0.4) is 0 Å². The maximum atomic E-state index is 13.6. The van der Waals surface area contributed by atoms with E-state index in [2.05, 4.69) is 0 Å². The van der Waals surface area contributed by atoms with Gasteiger partial charge in [-0.2, -0.15) is 0 Å². The molecule has 0 aliphatic carbocycles. The number of hydrogen-bond acceptors (Lipinski definition) is 3. The van der Waals surface area contributed by atoms with E-state index < -0.39 is 0 Å². The standard InChI is InChI=1S/C24H21Cl2N3O2/c1-28-21-13-18(26)8-10-20(21)27-23(28)15-29(14-16-6-4-3-5-7-16)24(30)19-12-17(25)9-11-22(19)31-2/h3-13H,14-15H2,1-2H3. The molecule has 0 saturated carbocycles. The van der Waals surface area contributed by atoms with Crippen molar-refractivity contribution in [2.45, 2.75) is 13.1 Å². The van der Waals surface area contributed by atoms with E-state index in [-0.39, 0.29) is 5.91 Å². The molecule has 0 saturated heterocycles. The second kappa shape index (κ2) is 9.00. The van der Waals surface area contributed by atoms with E-state index in [9.17, 15) is 4.79 Å². The van der Waals surface area contributed by atoms with Crippen molar-refractivity contribution in [1.82, 2.24) is 14.5 Å². The van der Waals surface area contributed by atoms with Crippen molar-refractivity contribution in [3.05, 3.63) is 93.7 Å². The zero-order valence-electron chi connectivity index (χ0n) is 17.2. The Bertz CT molecular complexity index is 1240. The molecule has 0 bridgehead atoms. The summed E-state index contributed by atoms with van der Waals surface area (Å²) in [5, 5.41) is 1.11. The molecule has 1 aromatic heterocycles. The molecule has 31 heavy (non-hydrogen) atoms. The fourth-order valence-electron chi connectivity index (χ4n) is 3.55. The second-order valence-corrected chi connectivity index (χ2v) is 8.08. The number of methoxy groups -OCH3 is 1. The highest BCUT2D eigenvalue weighted by molar-refractivity contribution is 6.31. The molecule has 1 amide bonds. The number of ether oxygens (including phenoxy) is 1. The fourth-order valence-corrected chi connectivity index (χ4v) is 3.88. The Morgan fingerprint density at radius 1 is 1.00 bits per heavy atom. The summed E-state index contributed by atoms with van der Waals surface area (Å²) in [5.41, 5.74) is 3.16. The van der Waals surface area contributed by atoms with Gasteiger partial charge >= 0.3 is 0 Å². The van der Waals surface area contributed by atoms with Gasteiger partial charge in [-0.3, -0.25) is 4.79 Å². The first-order valence-electron chi connectivity index (χ1n) is 9.74. The van der Waals surface area contributed by atoms with Crippen molar-refractivity contribution in [2.24, 2.45) is 7.05 Å². The van der Waals surface area contributed by atoms with Gasteiger partial charge in [0.05, 0.1) is 30.3 Å². The lowest BCUT2D eigenvalue weighted by atomic mass is 10.1. The minimum atomic E-state index is -0.187. The highest BCUT2D eigenvalue weighted by Crippen LogP contribution is 2.26. The van der Waals surface area contributed by atoms with Crippen LogP contribution in [0.2, 0.25) is 10.0 Å². The predicted molar refractivity (Wildman–Crippen MR) is 124 cm³/mol. The predicted octanol–water partition coefficient (Wildman–Crippen LogP) is 5.73.